The molecule has 182 valence electrons. The number of aromatic nitrogens is 1. The molecule has 1 aromatic heterocycles. The van der Waals surface area contributed by atoms with E-state index in [9.17, 15) is 4.79 Å². The Morgan fingerprint density at radius 2 is 1.69 bits per heavy atom. The molecular weight excluding hydrogens is 436 g/mol. The van der Waals surface area contributed by atoms with Crippen molar-refractivity contribution >= 4 is 17.5 Å². The van der Waals surface area contributed by atoms with E-state index in [1.54, 1.807) is 0 Å². The SMILES string of the molecule is CN(C)c1cccc(C[N+]23CCC(CC2)C(OC(=O)C(Nc2ccccc2)c2ccccc2)C3)n1. The molecule has 0 amide bonds. The minimum Gasteiger partial charge on any atom is -0.454 e. The molecule has 35 heavy (non-hydrogen) atoms. The quantitative estimate of drug-likeness (QED) is 0.383. The molecular formula is C29H35N4O2+. The minimum absolute atomic E-state index is 0.0641. The Morgan fingerprint density at radius 1 is 1.00 bits per heavy atom. The van der Waals surface area contributed by atoms with E-state index >= 15 is 0 Å². The summed E-state index contributed by atoms with van der Waals surface area (Å²) in [5.41, 5.74) is 2.92. The van der Waals surface area contributed by atoms with Crippen LogP contribution in [0, 0.1) is 5.92 Å². The highest BCUT2D eigenvalue weighted by molar-refractivity contribution is 5.81. The lowest BCUT2D eigenvalue weighted by atomic mass is 9.83. The van der Waals surface area contributed by atoms with Gasteiger partial charge in [-0.3, -0.25) is 0 Å². The van der Waals surface area contributed by atoms with Gasteiger partial charge in [0.15, 0.2) is 12.1 Å². The summed E-state index contributed by atoms with van der Waals surface area (Å²) in [4.78, 5) is 20.5. The molecule has 2 bridgehead atoms. The lowest BCUT2D eigenvalue weighted by Crippen LogP contribution is -2.64. The van der Waals surface area contributed by atoms with Crippen LogP contribution in [0.3, 0.4) is 0 Å². The maximum Gasteiger partial charge on any atom is 0.333 e. The number of para-hydroxylation sites is 1. The second-order valence-corrected chi connectivity index (χ2v) is 10.2. The van der Waals surface area contributed by atoms with Gasteiger partial charge in [0.05, 0.1) is 18.8 Å². The van der Waals surface area contributed by atoms with Gasteiger partial charge < -0.3 is 19.4 Å². The number of anilines is 2. The van der Waals surface area contributed by atoms with Gasteiger partial charge in [-0.25, -0.2) is 9.78 Å². The Labute approximate surface area is 208 Å². The molecule has 0 radical (unpaired) electrons. The highest BCUT2D eigenvalue weighted by Gasteiger charge is 2.48. The van der Waals surface area contributed by atoms with Crippen molar-refractivity contribution in [2.45, 2.75) is 31.5 Å². The summed E-state index contributed by atoms with van der Waals surface area (Å²) in [5, 5.41) is 3.40. The average Bonchev–Trinajstić information content (AvgIpc) is 2.89. The Kier molecular flexibility index (Phi) is 6.73. The first-order valence-corrected chi connectivity index (χ1v) is 12.6. The van der Waals surface area contributed by atoms with E-state index in [1.165, 1.54) is 0 Å². The monoisotopic (exact) mass is 471 g/mol. The summed E-state index contributed by atoms with van der Waals surface area (Å²) >= 11 is 0. The van der Waals surface area contributed by atoms with Crippen LogP contribution >= 0.6 is 0 Å². The van der Waals surface area contributed by atoms with Gasteiger partial charge in [-0.1, -0.05) is 54.6 Å². The number of carbonyl (C=O) groups excluding carboxylic acids is 1. The van der Waals surface area contributed by atoms with Crippen LogP contribution < -0.4 is 10.2 Å². The highest BCUT2D eigenvalue weighted by atomic mass is 16.5. The summed E-state index contributed by atoms with van der Waals surface area (Å²) < 4.78 is 7.24. The van der Waals surface area contributed by atoms with Crippen LogP contribution in [0.1, 0.15) is 30.1 Å². The predicted octanol–water partition coefficient (Wildman–Crippen LogP) is 4.65. The van der Waals surface area contributed by atoms with E-state index < -0.39 is 6.04 Å². The van der Waals surface area contributed by atoms with Gasteiger partial charge in [0.2, 0.25) is 0 Å². The summed E-state index contributed by atoms with van der Waals surface area (Å²) in [7, 11) is 4.04. The van der Waals surface area contributed by atoms with Gasteiger partial charge in [0.25, 0.3) is 0 Å². The zero-order valence-corrected chi connectivity index (χ0v) is 20.6. The summed E-state index contributed by atoms with van der Waals surface area (Å²) in [5.74, 6) is 1.21. The summed E-state index contributed by atoms with van der Waals surface area (Å²) in [6.07, 6.45) is 2.12. The first kappa shape index (κ1) is 23.4. The van der Waals surface area contributed by atoms with Crippen LogP contribution in [0.2, 0.25) is 0 Å². The van der Waals surface area contributed by atoms with E-state index in [2.05, 4.69) is 17.4 Å². The number of pyridine rings is 1. The maximum absolute atomic E-state index is 13.6. The molecule has 6 rings (SSSR count). The van der Waals surface area contributed by atoms with E-state index in [-0.39, 0.29) is 12.1 Å². The van der Waals surface area contributed by atoms with Crippen molar-refractivity contribution in [1.29, 1.82) is 0 Å². The number of carbonyl (C=O) groups is 1. The first-order valence-electron chi connectivity index (χ1n) is 12.6. The van der Waals surface area contributed by atoms with Crippen LogP contribution in [0.15, 0.2) is 78.9 Å². The van der Waals surface area contributed by atoms with Crippen molar-refractivity contribution in [3.8, 4) is 0 Å². The molecule has 3 aliphatic rings. The zero-order valence-electron chi connectivity index (χ0n) is 20.6. The van der Waals surface area contributed by atoms with E-state index in [1.807, 2.05) is 85.7 Å². The van der Waals surface area contributed by atoms with Crippen molar-refractivity contribution in [3.63, 3.8) is 0 Å². The normalized spacial score (nSPS) is 23.9. The Bertz CT molecular complexity index is 1130. The number of quaternary nitrogens is 1. The van der Waals surface area contributed by atoms with Gasteiger partial charge in [0, 0.05) is 38.5 Å². The molecule has 3 fully saturated rings. The number of fused-ring (bicyclic) bond motifs is 3. The molecule has 0 aliphatic carbocycles. The standard InChI is InChI=1S/C29H35N4O2/c1-32(2)27-15-9-14-25(30-27)20-33-18-16-22(17-19-33)26(21-33)35-29(34)28(23-10-5-3-6-11-23)31-24-12-7-4-8-13-24/h3-15,22,26,28,31H,16-21H2,1-2H3/q+1. The maximum atomic E-state index is 13.6. The topological polar surface area (TPSA) is 54.5 Å². The molecule has 3 saturated heterocycles. The Balaban J connectivity index is 1.32. The van der Waals surface area contributed by atoms with Gasteiger partial charge in [-0.05, 0) is 29.8 Å². The number of esters is 1. The third-order valence-corrected chi connectivity index (χ3v) is 7.51. The van der Waals surface area contributed by atoms with Crippen LogP contribution in [-0.2, 0) is 16.1 Å². The van der Waals surface area contributed by atoms with Gasteiger partial charge >= 0.3 is 5.97 Å². The van der Waals surface area contributed by atoms with Crippen LogP contribution in [-0.4, -0.2) is 55.3 Å². The molecule has 0 saturated carbocycles. The van der Waals surface area contributed by atoms with E-state index in [0.717, 1.165) is 66.3 Å². The number of piperidine rings is 3. The zero-order chi connectivity index (χ0) is 24.3. The van der Waals surface area contributed by atoms with Crippen LogP contribution in [0.25, 0.3) is 0 Å². The van der Waals surface area contributed by atoms with Crippen molar-refractivity contribution in [2.75, 3.05) is 43.9 Å². The van der Waals surface area contributed by atoms with Gasteiger partial charge in [-0.15, -0.1) is 0 Å². The third kappa shape index (κ3) is 5.33. The lowest BCUT2D eigenvalue weighted by Gasteiger charge is -2.52. The second kappa shape index (κ2) is 10.1. The molecule has 2 aromatic carbocycles. The number of nitrogens with one attached hydrogen (secondary N) is 1. The molecule has 1 N–H and O–H groups in total. The highest BCUT2D eigenvalue weighted by Crippen LogP contribution is 2.37. The molecule has 6 heteroatoms. The van der Waals surface area contributed by atoms with E-state index in [4.69, 9.17) is 9.72 Å². The van der Waals surface area contributed by atoms with Gasteiger partial charge in [-0.2, -0.15) is 0 Å². The molecule has 2 unspecified atom stereocenters. The van der Waals surface area contributed by atoms with Crippen molar-refractivity contribution in [3.05, 3.63) is 90.1 Å². The fourth-order valence-electron chi connectivity index (χ4n) is 5.57. The van der Waals surface area contributed by atoms with Crippen LogP contribution in [0.5, 0.6) is 0 Å². The fraction of sp³-hybridized carbons (Fsp3) is 0.379. The predicted molar refractivity (Wildman–Crippen MR) is 139 cm³/mol. The van der Waals surface area contributed by atoms with Gasteiger partial charge in [0.1, 0.15) is 18.9 Å². The molecule has 4 heterocycles. The Hall–Kier alpha value is -3.38. The number of ether oxygens (including phenoxy) is 1. The van der Waals surface area contributed by atoms with Crippen molar-refractivity contribution in [2.24, 2.45) is 5.92 Å². The first-order chi connectivity index (χ1) is 17.0. The number of hydrogen-bond donors (Lipinski definition) is 1. The molecule has 6 nitrogen and oxygen atoms in total. The second-order valence-electron chi connectivity index (χ2n) is 10.2. The molecule has 3 aliphatic heterocycles. The average molecular weight is 472 g/mol. The van der Waals surface area contributed by atoms with Crippen molar-refractivity contribution < 1.29 is 14.0 Å². The number of benzene rings is 2. The van der Waals surface area contributed by atoms with E-state index in [0.29, 0.717) is 5.92 Å². The molecule has 2 atom stereocenters. The minimum atomic E-state index is -0.541. The third-order valence-electron chi connectivity index (χ3n) is 7.51. The summed E-state index contributed by atoms with van der Waals surface area (Å²) in [6, 6.07) is 25.4. The van der Waals surface area contributed by atoms with Crippen LogP contribution in [0.4, 0.5) is 11.5 Å². The van der Waals surface area contributed by atoms with Crippen molar-refractivity contribution in [1.82, 2.24) is 4.98 Å². The largest absolute Gasteiger partial charge is 0.454 e. The smallest absolute Gasteiger partial charge is 0.333 e. The molecule has 0 spiro atoms. The number of hydrogen-bond acceptors (Lipinski definition) is 5. The summed E-state index contributed by atoms with van der Waals surface area (Å²) in [6.45, 7) is 3.98. The lowest BCUT2D eigenvalue weighted by molar-refractivity contribution is -0.958. The number of rotatable bonds is 8. The Morgan fingerprint density at radius 3 is 2.37 bits per heavy atom. The number of nitrogens with zero attached hydrogens (tertiary/aromatic N) is 3. The fourth-order valence-corrected chi connectivity index (χ4v) is 5.57. The molecule has 3 aromatic rings.